The Morgan fingerprint density at radius 1 is 1.18 bits per heavy atom. The molecule has 0 aliphatic rings. The fourth-order valence-corrected chi connectivity index (χ4v) is 4.00. The predicted molar refractivity (Wildman–Crippen MR) is 92.5 cm³/mol. The summed E-state index contributed by atoms with van der Waals surface area (Å²) >= 11 is 2.93. The van der Waals surface area contributed by atoms with Crippen LogP contribution in [0.1, 0.15) is 11.9 Å². The summed E-state index contributed by atoms with van der Waals surface area (Å²) in [7, 11) is 0. The normalized spacial score (nSPS) is 12.3. The first-order chi connectivity index (χ1) is 10.6. The molecule has 3 rings (SSSR count). The van der Waals surface area contributed by atoms with Crippen molar-refractivity contribution < 1.29 is 4.79 Å². The molecule has 4 nitrogen and oxygen atoms in total. The number of aryl methyl sites for hydroxylation is 1. The van der Waals surface area contributed by atoms with Crippen LogP contribution in [0.4, 0.5) is 5.69 Å². The van der Waals surface area contributed by atoms with Crippen LogP contribution in [0.5, 0.6) is 0 Å². The second kappa shape index (κ2) is 6.46. The van der Waals surface area contributed by atoms with Gasteiger partial charge >= 0.3 is 0 Å². The highest BCUT2D eigenvalue weighted by atomic mass is 32.2. The van der Waals surface area contributed by atoms with Crippen LogP contribution in [-0.2, 0) is 4.79 Å². The number of aromatic nitrogens is 2. The number of nitrogens with one attached hydrogen (secondary N) is 1. The Labute approximate surface area is 137 Å². The number of nitrogens with zero attached hydrogens (tertiary/aromatic N) is 2. The van der Waals surface area contributed by atoms with Crippen molar-refractivity contribution in [1.82, 2.24) is 10.2 Å². The summed E-state index contributed by atoms with van der Waals surface area (Å²) in [5.74, 6) is -0.0341. The lowest BCUT2D eigenvalue weighted by Gasteiger charge is -2.11. The molecule has 1 amide bonds. The SMILES string of the molecule is Cc1nnc(S[C@@H](C)C(=O)Nc2ccc3ccccc3c2)s1. The van der Waals surface area contributed by atoms with Crippen LogP contribution in [0.25, 0.3) is 10.8 Å². The van der Waals surface area contributed by atoms with Crippen molar-refractivity contribution in [3.8, 4) is 0 Å². The molecule has 6 heteroatoms. The van der Waals surface area contributed by atoms with Crippen LogP contribution < -0.4 is 5.32 Å². The van der Waals surface area contributed by atoms with Crippen LogP contribution >= 0.6 is 23.1 Å². The van der Waals surface area contributed by atoms with Crippen LogP contribution in [0.2, 0.25) is 0 Å². The molecule has 1 N–H and O–H groups in total. The van der Waals surface area contributed by atoms with Gasteiger partial charge in [-0.15, -0.1) is 10.2 Å². The summed E-state index contributed by atoms with van der Waals surface area (Å²) in [5, 5.41) is 13.9. The summed E-state index contributed by atoms with van der Waals surface area (Å²) in [6, 6.07) is 14.0. The molecule has 3 aromatic rings. The van der Waals surface area contributed by atoms with Crippen molar-refractivity contribution in [2.45, 2.75) is 23.4 Å². The minimum absolute atomic E-state index is 0.0341. The quantitative estimate of drug-likeness (QED) is 0.732. The van der Waals surface area contributed by atoms with Gasteiger partial charge in [0.05, 0.1) is 5.25 Å². The fraction of sp³-hybridized carbons (Fsp3) is 0.188. The van der Waals surface area contributed by atoms with Gasteiger partial charge in [-0.2, -0.15) is 0 Å². The number of carbonyl (C=O) groups is 1. The lowest BCUT2D eigenvalue weighted by Crippen LogP contribution is -2.22. The molecule has 1 atom stereocenters. The van der Waals surface area contributed by atoms with Crippen LogP contribution in [0.3, 0.4) is 0 Å². The van der Waals surface area contributed by atoms with E-state index in [0.29, 0.717) is 0 Å². The van der Waals surface area contributed by atoms with Gasteiger partial charge in [0.15, 0.2) is 4.34 Å². The summed E-state index contributed by atoms with van der Waals surface area (Å²) in [5.41, 5.74) is 0.810. The number of thioether (sulfide) groups is 1. The molecule has 22 heavy (non-hydrogen) atoms. The topological polar surface area (TPSA) is 54.9 Å². The Morgan fingerprint density at radius 3 is 2.68 bits per heavy atom. The third-order valence-corrected chi connectivity index (χ3v) is 5.19. The average Bonchev–Trinajstić information content (AvgIpc) is 2.92. The van der Waals surface area contributed by atoms with E-state index in [1.165, 1.54) is 23.1 Å². The van der Waals surface area contributed by atoms with Crippen LogP contribution in [0, 0.1) is 6.92 Å². The van der Waals surface area contributed by atoms with Gasteiger partial charge in [0.2, 0.25) is 5.91 Å². The first kappa shape index (κ1) is 15.0. The molecule has 0 aliphatic carbocycles. The van der Waals surface area contributed by atoms with E-state index in [1.54, 1.807) is 0 Å². The smallest absolute Gasteiger partial charge is 0.237 e. The van der Waals surface area contributed by atoms with E-state index in [1.807, 2.05) is 50.2 Å². The summed E-state index contributed by atoms with van der Waals surface area (Å²) in [4.78, 5) is 12.3. The van der Waals surface area contributed by atoms with Crippen molar-refractivity contribution in [2.24, 2.45) is 0 Å². The van der Waals surface area contributed by atoms with Gasteiger partial charge in [0, 0.05) is 5.69 Å². The lowest BCUT2D eigenvalue weighted by atomic mass is 10.1. The maximum Gasteiger partial charge on any atom is 0.237 e. The lowest BCUT2D eigenvalue weighted by molar-refractivity contribution is -0.115. The molecule has 0 aliphatic heterocycles. The molecule has 2 aromatic carbocycles. The third-order valence-electron chi connectivity index (χ3n) is 3.17. The number of hydrogen-bond donors (Lipinski definition) is 1. The van der Waals surface area contributed by atoms with Crippen molar-refractivity contribution in [3.63, 3.8) is 0 Å². The second-order valence-corrected chi connectivity index (χ2v) is 7.67. The molecule has 1 heterocycles. The van der Waals surface area contributed by atoms with E-state index in [0.717, 1.165) is 25.8 Å². The van der Waals surface area contributed by atoms with E-state index in [-0.39, 0.29) is 11.2 Å². The van der Waals surface area contributed by atoms with Gasteiger partial charge in [0.1, 0.15) is 5.01 Å². The Bertz CT molecular complexity index is 816. The number of carbonyl (C=O) groups excluding carboxylic acids is 1. The highest BCUT2D eigenvalue weighted by molar-refractivity contribution is 8.02. The minimum Gasteiger partial charge on any atom is -0.325 e. The number of fused-ring (bicyclic) bond motifs is 1. The third kappa shape index (κ3) is 3.45. The van der Waals surface area contributed by atoms with E-state index in [2.05, 4.69) is 21.6 Å². The van der Waals surface area contributed by atoms with Crippen LogP contribution in [0.15, 0.2) is 46.8 Å². The molecule has 0 fully saturated rings. The van der Waals surface area contributed by atoms with Gasteiger partial charge in [-0.1, -0.05) is 53.4 Å². The molecule has 0 bridgehead atoms. The maximum absolute atomic E-state index is 12.3. The maximum atomic E-state index is 12.3. The zero-order chi connectivity index (χ0) is 15.5. The summed E-state index contributed by atoms with van der Waals surface area (Å²) < 4.78 is 0.818. The molecule has 1 aromatic heterocycles. The predicted octanol–water partition coefficient (Wildman–Crippen LogP) is 4.12. The number of hydrogen-bond acceptors (Lipinski definition) is 5. The zero-order valence-corrected chi connectivity index (χ0v) is 13.9. The van der Waals surface area contributed by atoms with E-state index >= 15 is 0 Å². The molecule has 0 saturated heterocycles. The number of rotatable bonds is 4. The van der Waals surface area contributed by atoms with Gasteiger partial charge in [-0.3, -0.25) is 4.79 Å². The monoisotopic (exact) mass is 329 g/mol. The number of benzene rings is 2. The number of anilines is 1. The molecule has 0 saturated carbocycles. The van der Waals surface area contributed by atoms with Gasteiger partial charge < -0.3 is 5.32 Å². The minimum atomic E-state index is -0.223. The van der Waals surface area contributed by atoms with Gasteiger partial charge in [-0.05, 0) is 36.8 Å². The molecule has 0 spiro atoms. The highest BCUT2D eigenvalue weighted by Gasteiger charge is 2.16. The first-order valence-electron chi connectivity index (χ1n) is 6.88. The number of amides is 1. The largest absolute Gasteiger partial charge is 0.325 e. The van der Waals surface area contributed by atoms with Crippen molar-refractivity contribution in [2.75, 3.05) is 5.32 Å². The molecule has 112 valence electrons. The summed E-state index contributed by atoms with van der Waals surface area (Å²) in [6.45, 7) is 3.78. The van der Waals surface area contributed by atoms with Crippen molar-refractivity contribution >= 4 is 45.5 Å². The molecular formula is C16H15N3OS2. The Morgan fingerprint density at radius 2 is 1.95 bits per heavy atom. The zero-order valence-electron chi connectivity index (χ0n) is 12.2. The Kier molecular flexibility index (Phi) is 4.40. The Balaban J connectivity index is 1.69. The van der Waals surface area contributed by atoms with Gasteiger partial charge in [0.25, 0.3) is 0 Å². The van der Waals surface area contributed by atoms with Crippen molar-refractivity contribution in [1.29, 1.82) is 0 Å². The molecule has 0 unspecified atom stereocenters. The fourth-order valence-electron chi connectivity index (χ4n) is 2.04. The second-order valence-electron chi connectivity index (χ2n) is 4.90. The highest BCUT2D eigenvalue weighted by Crippen LogP contribution is 2.27. The standard InChI is InChI=1S/C16H15N3OS2/c1-10(21-16-19-18-11(2)22-16)15(20)17-14-8-7-12-5-3-4-6-13(12)9-14/h3-10H,1-2H3,(H,17,20)/t10-/m0/s1. The van der Waals surface area contributed by atoms with Crippen molar-refractivity contribution in [3.05, 3.63) is 47.5 Å². The summed E-state index contributed by atoms with van der Waals surface area (Å²) in [6.07, 6.45) is 0. The molecule has 0 radical (unpaired) electrons. The van der Waals surface area contributed by atoms with Crippen LogP contribution in [-0.4, -0.2) is 21.4 Å². The van der Waals surface area contributed by atoms with E-state index in [4.69, 9.17) is 0 Å². The van der Waals surface area contributed by atoms with E-state index < -0.39 is 0 Å². The van der Waals surface area contributed by atoms with E-state index in [9.17, 15) is 4.79 Å². The first-order valence-corrected chi connectivity index (χ1v) is 8.58. The molecular weight excluding hydrogens is 314 g/mol. The Hall–Kier alpha value is -1.92. The van der Waals surface area contributed by atoms with Gasteiger partial charge in [-0.25, -0.2) is 0 Å². The average molecular weight is 329 g/mol.